The van der Waals surface area contributed by atoms with E-state index in [0.29, 0.717) is 12.8 Å². The molecule has 1 aromatic rings. The van der Waals surface area contributed by atoms with Gasteiger partial charge in [-0.15, -0.1) is 5.10 Å². The molecule has 0 aliphatic heterocycles. The number of carbonyl (C=O) groups is 3. The first-order chi connectivity index (χ1) is 12.3. The van der Waals surface area contributed by atoms with E-state index in [4.69, 9.17) is 5.11 Å². The Labute approximate surface area is 160 Å². The number of nitrogens with zero attached hydrogens (tertiary/aromatic N) is 2. The van der Waals surface area contributed by atoms with Crippen LogP contribution in [0.25, 0.3) is 0 Å². The number of Topliss-reactive ketones (excluding diaryl/α,β-unsaturated/α-hetero) is 1. The maximum absolute atomic E-state index is 12.3. The third-order valence-corrected chi connectivity index (χ3v) is 5.22. The van der Waals surface area contributed by atoms with Crippen molar-refractivity contribution in [1.29, 1.82) is 0 Å². The maximum atomic E-state index is 12.3. The van der Waals surface area contributed by atoms with Crippen molar-refractivity contribution in [2.24, 2.45) is 10.8 Å². The van der Waals surface area contributed by atoms with E-state index in [2.05, 4.69) is 20.7 Å². The van der Waals surface area contributed by atoms with Crippen molar-refractivity contribution < 1.29 is 19.5 Å². The Morgan fingerprint density at radius 3 is 2.33 bits per heavy atom. The van der Waals surface area contributed by atoms with Gasteiger partial charge in [0.15, 0.2) is 0 Å². The fraction of sp³-hybridized carbons (Fsp3) is 0.737. The molecule has 0 saturated carbocycles. The highest BCUT2D eigenvalue weighted by Crippen LogP contribution is 2.39. The lowest BCUT2D eigenvalue weighted by Gasteiger charge is -2.41. The highest BCUT2D eigenvalue weighted by molar-refractivity contribution is 5.82. The molecule has 2 unspecified atom stereocenters. The van der Waals surface area contributed by atoms with E-state index < -0.39 is 11.4 Å². The van der Waals surface area contributed by atoms with Crippen molar-refractivity contribution in [3.05, 3.63) is 11.9 Å². The molecule has 1 amide bonds. The Balaban J connectivity index is 2.98. The van der Waals surface area contributed by atoms with Gasteiger partial charge in [0.2, 0.25) is 5.91 Å². The number of nitrogens with one attached hydrogen (secondary N) is 2. The standard InChI is InChI=1S/C19H32N4O4/c1-12(14-10-20-23-22-14)9-15(21-16(25)7-8-17(26)27)19(5,6)11-18(3,4)13(2)24/h10,12,15H,7-9,11H2,1-6H3,(H,21,25)(H,26,27)(H,20,22,23). The Morgan fingerprint density at radius 1 is 1.22 bits per heavy atom. The van der Waals surface area contributed by atoms with Gasteiger partial charge in [-0.25, -0.2) is 0 Å². The van der Waals surface area contributed by atoms with Crippen LogP contribution in [0.3, 0.4) is 0 Å². The maximum Gasteiger partial charge on any atom is 0.303 e. The number of carbonyl (C=O) groups excluding carboxylic acids is 2. The van der Waals surface area contributed by atoms with Crippen molar-refractivity contribution in [2.75, 3.05) is 0 Å². The van der Waals surface area contributed by atoms with Gasteiger partial charge in [-0.3, -0.25) is 19.5 Å². The second-order valence-electron chi connectivity index (χ2n) is 8.65. The molecular weight excluding hydrogens is 348 g/mol. The molecular formula is C19H32N4O4. The normalized spacial score (nSPS) is 14.4. The molecule has 0 spiro atoms. The Bertz CT molecular complexity index is 653. The third kappa shape index (κ3) is 7.11. The molecule has 0 bridgehead atoms. The summed E-state index contributed by atoms with van der Waals surface area (Å²) in [6.07, 6.45) is 2.63. The number of ketones is 1. The fourth-order valence-corrected chi connectivity index (χ4v) is 3.37. The number of hydrogen-bond acceptors (Lipinski definition) is 5. The van der Waals surface area contributed by atoms with Crippen LogP contribution in [0.5, 0.6) is 0 Å². The Hall–Kier alpha value is -2.25. The van der Waals surface area contributed by atoms with Gasteiger partial charge in [0.1, 0.15) is 5.78 Å². The van der Waals surface area contributed by atoms with Crippen LogP contribution in [0.4, 0.5) is 0 Å². The molecule has 0 radical (unpaired) electrons. The highest BCUT2D eigenvalue weighted by atomic mass is 16.4. The zero-order valence-electron chi connectivity index (χ0n) is 17.1. The lowest BCUT2D eigenvalue weighted by atomic mass is 9.68. The number of aromatic amines is 1. The predicted molar refractivity (Wildman–Crippen MR) is 101 cm³/mol. The highest BCUT2D eigenvalue weighted by Gasteiger charge is 2.39. The van der Waals surface area contributed by atoms with Crippen LogP contribution in [0.2, 0.25) is 0 Å². The zero-order chi connectivity index (χ0) is 20.8. The predicted octanol–water partition coefficient (Wildman–Crippen LogP) is 2.68. The van der Waals surface area contributed by atoms with Crippen LogP contribution >= 0.6 is 0 Å². The van der Waals surface area contributed by atoms with Crippen molar-refractivity contribution in [3.63, 3.8) is 0 Å². The number of amides is 1. The van der Waals surface area contributed by atoms with Gasteiger partial charge in [-0.2, -0.15) is 0 Å². The summed E-state index contributed by atoms with van der Waals surface area (Å²) < 4.78 is 0. The van der Waals surface area contributed by atoms with Crippen molar-refractivity contribution in [2.45, 2.75) is 79.2 Å². The third-order valence-electron chi connectivity index (χ3n) is 5.22. The topological polar surface area (TPSA) is 125 Å². The van der Waals surface area contributed by atoms with Crippen LogP contribution < -0.4 is 5.32 Å². The molecule has 2 atom stereocenters. The molecule has 27 heavy (non-hydrogen) atoms. The van der Waals surface area contributed by atoms with Gasteiger partial charge in [-0.05, 0) is 25.2 Å². The first-order valence-corrected chi connectivity index (χ1v) is 9.23. The van der Waals surface area contributed by atoms with Crippen LogP contribution in [0.1, 0.15) is 78.8 Å². The minimum atomic E-state index is -1.00. The monoisotopic (exact) mass is 380 g/mol. The molecule has 0 saturated heterocycles. The summed E-state index contributed by atoms with van der Waals surface area (Å²) in [5.74, 6) is -1.18. The molecule has 1 aromatic heterocycles. The van der Waals surface area contributed by atoms with E-state index in [1.807, 2.05) is 34.6 Å². The van der Waals surface area contributed by atoms with Gasteiger partial charge in [0, 0.05) is 30.0 Å². The molecule has 8 heteroatoms. The quantitative estimate of drug-likeness (QED) is 0.542. The minimum absolute atomic E-state index is 0.0354. The molecule has 8 nitrogen and oxygen atoms in total. The lowest BCUT2D eigenvalue weighted by Crippen LogP contribution is -2.48. The number of carboxylic acid groups (broad SMARTS) is 1. The average Bonchev–Trinajstić information content (AvgIpc) is 3.05. The molecule has 0 aliphatic carbocycles. The van der Waals surface area contributed by atoms with E-state index in [0.717, 1.165) is 5.69 Å². The number of hydrogen-bond donors (Lipinski definition) is 3. The Kier molecular flexibility index (Phi) is 7.68. The van der Waals surface area contributed by atoms with Crippen LogP contribution in [0.15, 0.2) is 6.20 Å². The summed E-state index contributed by atoms with van der Waals surface area (Å²) in [5, 5.41) is 22.3. The second kappa shape index (κ2) is 9.10. The molecule has 1 rings (SSSR count). The Morgan fingerprint density at radius 2 is 1.85 bits per heavy atom. The fourth-order valence-electron chi connectivity index (χ4n) is 3.37. The van der Waals surface area contributed by atoms with E-state index in [1.54, 1.807) is 13.1 Å². The zero-order valence-corrected chi connectivity index (χ0v) is 17.1. The molecule has 0 fully saturated rings. The first kappa shape index (κ1) is 22.8. The average molecular weight is 380 g/mol. The number of rotatable bonds is 11. The molecule has 152 valence electrons. The molecule has 3 N–H and O–H groups in total. The smallest absolute Gasteiger partial charge is 0.303 e. The van der Waals surface area contributed by atoms with E-state index in [9.17, 15) is 14.4 Å². The molecule has 0 aliphatic rings. The second-order valence-corrected chi connectivity index (χ2v) is 8.65. The van der Waals surface area contributed by atoms with Crippen LogP contribution in [-0.2, 0) is 14.4 Å². The largest absolute Gasteiger partial charge is 0.481 e. The summed E-state index contributed by atoms with van der Waals surface area (Å²) in [5.41, 5.74) is -0.113. The molecule has 1 heterocycles. The van der Waals surface area contributed by atoms with Gasteiger partial charge in [-0.1, -0.05) is 39.8 Å². The minimum Gasteiger partial charge on any atom is -0.481 e. The van der Waals surface area contributed by atoms with Crippen molar-refractivity contribution >= 4 is 17.7 Å². The summed E-state index contributed by atoms with van der Waals surface area (Å²) in [6.45, 7) is 11.4. The van der Waals surface area contributed by atoms with Crippen molar-refractivity contribution in [3.8, 4) is 0 Å². The summed E-state index contributed by atoms with van der Waals surface area (Å²) in [7, 11) is 0. The van der Waals surface area contributed by atoms with Crippen LogP contribution in [-0.4, -0.2) is 44.2 Å². The number of carboxylic acids is 1. The summed E-state index contributed by atoms with van der Waals surface area (Å²) in [6, 6.07) is -0.246. The van der Waals surface area contributed by atoms with Gasteiger partial charge in [0.25, 0.3) is 0 Å². The SMILES string of the molecule is CC(=O)C(C)(C)CC(C)(C)C(CC(C)c1c[nH]nn1)NC(=O)CCC(=O)O. The van der Waals surface area contributed by atoms with E-state index in [-0.39, 0.29) is 41.9 Å². The number of aromatic nitrogens is 3. The van der Waals surface area contributed by atoms with Crippen molar-refractivity contribution in [1.82, 2.24) is 20.7 Å². The summed E-state index contributed by atoms with van der Waals surface area (Å²) >= 11 is 0. The van der Waals surface area contributed by atoms with Gasteiger partial charge in [0.05, 0.1) is 12.1 Å². The summed E-state index contributed by atoms with van der Waals surface area (Å²) in [4.78, 5) is 35.0. The molecule has 0 aromatic carbocycles. The van der Waals surface area contributed by atoms with Crippen LogP contribution in [0, 0.1) is 10.8 Å². The van der Waals surface area contributed by atoms with E-state index >= 15 is 0 Å². The van der Waals surface area contributed by atoms with E-state index in [1.165, 1.54) is 0 Å². The first-order valence-electron chi connectivity index (χ1n) is 9.23. The number of aliphatic carboxylic acids is 1. The number of H-pyrrole nitrogens is 1. The lowest BCUT2D eigenvalue weighted by molar-refractivity contribution is -0.139. The van der Waals surface area contributed by atoms with Gasteiger partial charge >= 0.3 is 5.97 Å². The van der Waals surface area contributed by atoms with Gasteiger partial charge < -0.3 is 10.4 Å².